The van der Waals surface area contributed by atoms with E-state index in [0.29, 0.717) is 47.3 Å². The van der Waals surface area contributed by atoms with Crippen LogP contribution >= 0.6 is 0 Å². The molecule has 0 aliphatic carbocycles. The highest BCUT2D eigenvalue weighted by molar-refractivity contribution is 6.03. The van der Waals surface area contributed by atoms with E-state index in [9.17, 15) is 4.79 Å². The number of pyridine rings is 1. The number of rotatable bonds is 5. The third kappa shape index (κ3) is 5.19. The Kier molecular flexibility index (Phi) is 7.12. The predicted molar refractivity (Wildman–Crippen MR) is 159 cm³/mol. The van der Waals surface area contributed by atoms with Gasteiger partial charge >= 0.3 is 0 Å². The summed E-state index contributed by atoms with van der Waals surface area (Å²) in [7, 11) is 1.85. The second-order valence-electron chi connectivity index (χ2n) is 10.9. The van der Waals surface area contributed by atoms with Crippen LogP contribution in [-0.4, -0.2) is 73.1 Å². The molecule has 42 heavy (non-hydrogen) atoms. The van der Waals surface area contributed by atoms with Crippen LogP contribution in [0.1, 0.15) is 24.2 Å². The molecule has 2 aliphatic heterocycles. The molecule has 9 nitrogen and oxygen atoms in total. The second kappa shape index (κ2) is 10.9. The van der Waals surface area contributed by atoms with Crippen molar-refractivity contribution in [2.75, 3.05) is 31.9 Å². The Morgan fingerprint density at radius 3 is 2.60 bits per heavy atom. The number of amides is 1. The smallest absolute Gasteiger partial charge is 0.245 e. The Bertz CT molecular complexity index is 1720. The van der Waals surface area contributed by atoms with Gasteiger partial charge in [0, 0.05) is 56.6 Å². The van der Waals surface area contributed by atoms with Gasteiger partial charge in [-0.3, -0.25) is 9.69 Å². The number of ether oxygens (including phenoxy) is 1. The van der Waals surface area contributed by atoms with Crippen molar-refractivity contribution in [1.82, 2.24) is 29.3 Å². The molecule has 1 aromatic carbocycles. The van der Waals surface area contributed by atoms with E-state index in [1.165, 1.54) is 12.4 Å². The van der Waals surface area contributed by atoms with Gasteiger partial charge in [-0.1, -0.05) is 30.7 Å². The summed E-state index contributed by atoms with van der Waals surface area (Å²) in [6.07, 6.45) is 4.39. The topological polar surface area (TPSA) is 102 Å². The number of carbonyl (C=O) groups is 1. The van der Waals surface area contributed by atoms with E-state index in [4.69, 9.17) is 10.5 Å². The fourth-order valence-corrected chi connectivity index (χ4v) is 5.77. The van der Waals surface area contributed by atoms with Gasteiger partial charge in [-0.15, -0.1) is 0 Å². The van der Waals surface area contributed by atoms with Gasteiger partial charge in [0.25, 0.3) is 0 Å². The van der Waals surface area contributed by atoms with E-state index < -0.39 is 5.67 Å². The maximum Gasteiger partial charge on any atom is 0.245 e. The van der Waals surface area contributed by atoms with Crippen molar-refractivity contribution in [3.8, 4) is 34.6 Å². The van der Waals surface area contributed by atoms with Gasteiger partial charge in [-0.05, 0) is 55.5 Å². The number of benzene rings is 1. The number of nitrogen functional groups attached to an aromatic ring is 1. The first-order valence-electron chi connectivity index (χ1n) is 13.9. The summed E-state index contributed by atoms with van der Waals surface area (Å²) in [5, 5.41) is 0.669. The maximum absolute atomic E-state index is 15.8. The number of piperidine rings is 1. The molecule has 0 saturated carbocycles. The number of hydrogen-bond acceptors (Lipinski definition) is 7. The van der Waals surface area contributed by atoms with Crippen LogP contribution < -0.4 is 10.5 Å². The summed E-state index contributed by atoms with van der Waals surface area (Å²) in [4.78, 5) is 28.8. The summed E-state index contributed by atoms with van der Waals surface area (Å²) >= 11 is 0. The first kappa shape index (κ1) is 27.4. The quantitative estimate of drug-likeness (QED) is 0.285. The summed E-state index contributed by atoms with van der Waals surface area (Å²) in [5.74, 6) is 7.47. The molecule has 6 rings (SSSR count). The Morgan fingerprint density at radius 2 is 1.90 bits per heavy atom. The molecule has 214 valence electrons. The highest BCUT2D eigenvalue weighted by Crippen LogP contribution is 2.37. The number of likely N-dealkylation sites (tertiary alicyclic amines) is 2. The SMILES string of the molecule is C=CC(=O)N1CCC(N2CC(F)(C#Cc3c(-c4ccc(Oc5cccc(C)n5)cc4)c4c(N)ncnc4n3C)C2)CC1. The summed E-state index contributed by atoms with van der Waals surface area (Å²) in [6, 6.07) is 13.4. The molecule has 2 N–H and O–H groups in total. The third-order valence-corrected chi connectivity index (χ3v) is 8.00. The minimum atomic E-state index is -1.63. The lowest BCUT2D eigenvalue weighted by Gasteiger charge is -2.48. The molecular weight excluding hydrogens is 533 g/mol. The molecule has 0 spiro atoms. The van der Waals surface area contributed by atoms with Gasteiger partial charge in [-0.2, -0.15) is 0 Å². The molecule has 3 aromatic heterocycles. The van der Waals surface area contributed by atoms with Crippen LogP contribution in [0.25, 0.3) is 22.2 Å². The number of nitrogens with zero attached hydrogens (tertiary/aromatic N) is 6. The van der Waals surface area contributed by atoms with Gasteiger partial charge in [0.05, 0.1) is 5.39 Å². The average Bonchev–Trinajstić information content (AvgIpc) is 3.27. The summed E-state index contributed by atoms with van der Waals surface area (Å²) in [6.45, 7) is 7.26. The minimum absolute atomic E-state index is 0.0516. The van der Waals surface area contributed by atoms with Crippen molar-refractivity contribution in [2.45, 2.75) is 31.5 Å². The van der Waals surface area contributed by atoms with Crippen LogP contribution in [0, 0.1) is 18.8 Å². The monoisotopic (exact) mass is 565 g/mol. The van der Waals surface area contributed by atoms with Crippen LogP contribution in [0.3, 0.4) is 0 Å². The van der Waals surface area contributed by atoms with Gasteiger partial charge in [0.1, 0.15) is 29.2 Å². The molecular formula is C32H32FN7O2. The molecule has 5 heterocycles. The Hall–Kier alpha value is -4.75. The Labute approximate surface area is 243 Å². The van der Waals surface area contributed by atoms with Crippen molar-refractivity contribution in [2.24, 2.45) is 7.05 Å². The van der Waals surface area contributed by atoms with E-state index in [2.05, 4.69) is 38.3 Å². The van der Waals surface area contributed by atoms with Crippen molar-refractivity contribution in [1.29, 1.82) is 0 Å². The van der Waals surface area contributed by atoms with Gasteiger partial charge in [0.15, 0.2) is 5.67 Å². The lowest BCUT2D eigenvalue weighted by atomic mass is 9.91. The predicted octanol–water partition coefficient (Wildman–Crippen LogP) is 4.27. The fraction of sp³-hybridized carbons (Fsp3) is 0.312. The van der Waals surface area contributed by atoms with Gasteiger partial charge in [0.2, 0.25) is 11.8 Å². The maximum atomic E-state index is 15.8. The van der Waals surface area contributed by atoms with E-state index in [0.717, 1.165) is 29.7 Å². The van der Waals surface area contributed by atoms with Crippen LogP contribution in [0.4, 0.5) is 10.2 Å². The zero-order valence-corrected chi connectivity index (χ0v) is 23.7. The van der Waals surface area contributed by atoms with E-state index >= 15 is 4.39 Å². The number of anilines is 1. The number of alkyl halides is 1. The van der Waals surface area contributed by atoms with Crippen LogP contribution in [0.15, 0.2) is 61.4 Å². The van der Waals surface area contributed by atoms with E-state index in [1.54, 1.807) is 11.0 Å². The minimum Gasteiger partial charge on any atom is -0.439 e. The zero-order valence-electron chi connectivity index (χ0n) is 23.7. The van der Waals surface area contributed by atoms with E-state index in [1.807, 2.05) is 54.9 Å². The number of hydrogen-bond donors (Lipinski definition) is 1. The largest absolute Gasteiger partial charge is 0.439 e. The molecule has 2 fully saturated rings. The lowest BCUT2D eigenvalue weighted by molar-refractivity contribution is -0.128. The highest BCUT2D eigenvalue weighted by Gasteiger charge is 2.45. The molecule has 4 aromatic rings. The van der Waals surface area contributed by atoms with Gasteiger partial charge < -0.3 is 19.9 Å². The van der Waals surface area contributed by atoms with Gasteiger partial charge in [-0.25, -0.2) is 19.3 Å². The molecule has 0 radical (unpaired) electrons. The van der Waals surface area contributed by atoms with E-state index in [-0.39, 0.29) is 25.0 Å². The number of carbonyl (C=O) groups excluding carboxylic acids is 1. The van der Waals surface area contributed by atoms with Crippen LogP contribution in [0.2, 0.25) is 0 Å². The van der Waals surface area contributed by atoms with Crippen LogP contribution in [-0.2, 0) is 11.8 Å². The Balaban J connectivity index is 1.25. The van der Waals surface area contributed by atoms with Crippen molar-refractivity contribution in [3.05, 3.63) is 72.8 Å². The number of aryl methyl sites for hydroxylation is 2. The van der Waals surface area contributed by atoms with Crippen molar-refractivity contribution < 1.29 is 13.9 Å². The first-order valence-corrected chi connectivity index (χ1v) is 13.9. The third-order valence-electron chi connectivity index (χ3n) is 8.00. The average molecular weight is 566 g/mol. The number of halogens is 1. The Morgan fingerprint density at radius 1 is 1.17 bits per heavy atom. The molecule has 0 atom stereocenters. The number of fused-ring (bicyclic) bond motifs is 1. The zero-order chi connectivity index (χ0) is 29.4. The van der Waals surface area contributed by atoms with Crippen LogP contribution in [0.5, 0.6) is 11.6 Å². The number of nitrogens with two attached hydrogens (primary N) is 1. The molecule has 0 unspecified atom stereocenters. The molecule has 0 bridgehead atoms. The molecule has 10 heteroatoms. The number of aromatic nitrogens is 4. The lowest BCUT2D eigenvalue weighted by Crippen LogP contribution is -2.63. The molecule has 1 amide bonds. The fourth-order valence-electron chi connectivity index (χ4n) is 5.77. The second-order valence-corrected chi connectivity index (χ2v) is 10.9. The van der Waals surface area contributed by atoms with Crippen molar-refractivity contribution >= 4 is 22.8 Å². The normalized spacial score (nSPS) is 16.9. The standard InChI is InChI=1S/C32H32FN7O2/c1-4-27(41)39-16-13-23(14-17-39)40-18-32(33,19-40)15-12-25-28(29-30(34)35-20-36-31(29)38(25)3)22-8-10-24(11-9-22)42-26-7-5-6-21(2)37-26/h4-11,20,23H,1,13-14,16-19H2,2-3H3,(H2,34,35,36). The molecule has 2 aliphatic rings. The summed E-state index contributed by atoms with van der Waals surface area (Å²) in [5.41, 5.74) is 8.37. The van der Waals surface area contributed by atoms with Crippen molar-refractivity contribution in [3.63, 3.8) is 0 Å². The molecule has 2 saturated heterocycles. The highest BCUT2D eigenvalue weighted by atomic mass is 19.1. The summed E-state index contributed by atoms with van der Waals surface area (Å²) < 4.78 is 23.5. The first-order chi connectivity index (χ1) is 20.2.